The summed E-state index contributed by atoms with van der Waals surface area (Å²) >= 11 is 5.06. The molecule has 0 saturated heterocycles. The summed E-state index contributed by atoms with van der Waals surface area (Å²) in [6.45, 7) is 8.05. The summed E-state index contributed by atoms with van der Waals surface area (Å²) < 4.78 is 5.46. The minimum Gasteiger partial charge on any atom is -0.484 e. The molecule has 0 fully saturated rings. The summed E-state index contributed by atoms with van der Waals surface area (Å²) in [5.74, 6) is 0.366. The number of hydrogen-bond donors (Lipinski definition) is 4. The third-order valence-electron chi connectivity index (χ3n) is 3.32. The van der Waals surface area contributed by atoms with Crippen molar-refractivity contribution in [2.24, 2.45) is 0 Å². The maximum Gasteiger partial charge on any atom is 0.276 e. The van der Waals surface area contributed by atoms with Crippen LogP contribution in [0.4, 0.5) is 0 Å². The number of ether oxygens (including phenoxy) is 1. The standard InChI is InChI=1S/C17H28N4O2S/c1-17(2,3)13-6-8-14(9-7-13)23-12-15(22)19-20-16(24)18-10-11-21(4)5/h6-9H,10-12H2,1-5H3,(H,19,22)(H2,18,20,24)/p+1. The summed E-state index contributed by atoms with van der Waals surface area (Å²) in [7, 11) is 4.12. The Morgan fingerprint density at radius 2 is 1.79 bits per heavy atom. The van der Waals surface area contributed by atoms with Gasteiger partial charge in [0.1, 0.15) is 5.75 Å². The Morgan fingerprint density at radius 3 is 2.33 bits per heavy atom. The Balaban J connectivity index is 2.27. The van der Waals surface area contributed by atoms with Crippen molar-refractivity contribution in [2.45, 2.75) is 26.2 Å². The minimum atomic E-state index is -0.294. The first kappa shape index (κ1) is 20.2. The average Bonchev–Trinajstić information content (AvgIpc) is 2.50. The summed E-state index contributed by atoms with van der Waals surface area (Å²) in [5.41, 5.74) is 6.47. The normalized spacial score (nSPS) is 11.1. The number of hydrogen-bond acceptors (Lipinski definition) is 3. The van der Waals surface area contributed by atoms with Crippen LogP contribution in [0.5, 0.6) is 5.75 Å². The number of nitrogens with one attached hydrogen (secondary N) is 4. The van der Waals surface area contributed by atoms with Crippen LogP contribution in [0, 0.1) is 0 Å². The van der Waals surface area contributed by atoms with Gasteiger partial charge >= 0.3 is 0 Å². The van der Waals surface area contributed by atoms with Gasteiger partial charge in [0.25, 0.3) is 5.91 Å². The molecule has 0 atom stereocenters. The Hall–Kier alpha value is -1.86. The van der Waals surface area contributed by atoms with Crippen LogP contribution in [0.15, 0.2) is 24.3 Å². The molecule has 1 aromatic carbocycles. The van der Waals surface area contributed by atoms with Crippen LogP contribution >= 0.6 is 12.2 Å². The molecule has 0 radical (unpaired) electrons. The third kappa shape index (κ3) is 8.12. The second-order valence-corrected chi connectivity index (χ2v) is 7.36. The average molecular weight is 354 g/mol. The zero-order chi connectivity index (χ0) is 18.2. The van der Waals surface area contributed by atoms with E-state index in [0.717, 1.165) is 13.1 Å². The molecular weight excluding hydrogens is 324 g/mol. The molecule has 0 bridgehead atoms. The van der Waals surface area contributed by atoms with E-state index in [4.69, 9.17) is 17.0 Å². The molecule has 0 heterocycles. The molecule has 134 valence electrons. The van der Waals surface area contributed by atoms with Crippen LogP contribution in [0.2, 0.25) is 0 Å². The first-order valence-electron chi connectivity index (χ1n) is 8.03. The number of hydrazine groups is 1. The van der Waals surface area contributed by atoms with Gasteiger partial charge < -0.3 is 15.0 Å². The van der Waals surface area contributed by atoms with E-state index in [1.54, 1.807) is 0 Å². The summed E-state index contributed by atoms with van der Waals surface area (Å²) in [5, 5.41) is 3.40. The predicted molar refractivity (Wildman–Crippen MR) is 100 cm³/mol. The van der Waals surface area contributed by atoms with E-state index in [0.29, 0.717) is 10.9 Å². The molecule has 0 unspecified atom stereocenters. The first-order chi connectivity index (χ1) is 11.2. The van der Waals surface area contributed by atoms with Crippen molar-refractivity contribution < 1.29 is 14.4 Å². The number of quaternary nitrogens is 1. The van der Waals surface area contributed by atoms with Gasteiger partial charge in [0.2, 0.25) is 0 Å². The lowest BCUT2D eigenvalue weighted by Gasteiger charge is -2.19. The Kier molecular flexibility index (Phi) is 7.94. The van der Waals surface area contributed by atoms with Crippen molar-refractivity contribution in [3.8, 4) is 5.75 Å². The van der Waals surface area contributed by atoms with Crippen LogP contribution in [-0.4, -0.2) is 44.8 Å². The number of carbonyl (C=O) groups excluding carboxylic acids is 1. The highest BCUT2D eigenvalue weighted by atomic mass is 32.1. The third-order valence-corrected chi connectivity index (χ3v) is 3.56. The molecule has 24 heavy (non-hydrogen) atoms. The van der Waals surface area contributed by atoms with E-state index in [1.807, 2.05) is 24.3 Å². The zero-order valence-corrected chi connectivity index (χ0v) is 16.0. The SMILES string of the molecule is C[NH+](C)CCNC(=S)NNC(=O)COc1ccc(C(C)(C)C)cc1. The Bertz CT molecular complexity index is 539. The number of thiocarbonyl (C=S) groups is 1. The van der Waals surface area contributed by atoms with Crippen molar-refractivity contribution in [2.75, 3.05) is 33.8 Å². The van der Waals surface area contributed by atoms with E-state index < -0.39 is 0 Å². The fraction of sp³-hybridized carbons (Fsp3) is 0.529. The molecule has 7 heteroatoms. The zero-order valence-electron chi connectivity index (χ0n) is 15.2. The summed E-state index contributed by atoms with van der Waals surface area (Å²) in [6.07, 6.45) is 0. The molecule has 6 nitrogen and oxygen atoms in total. The fourth-order valence-electron chi connectivity index (χ4n) is 1.83. The van der Waals surface area contributed by atoms with E-state index in [9.17, 15) is 4.79 Å². The topological polar surface area (TPSA) is 66.8 Å². The van der Waals surface area contributed by atoms with Crippen LogP contribution in [-0.2, 0) is 10.2 Å². The first-order valence-corrected chi connectivity index (χ1v) is 8.44. The van der Waals surface area contributed by atoms with Crippen molar-refractivity contribution in [3.63, 3.8) is 0 Å². The molecule has 1 amide bonds. The highest BCUT2D eigenvalue weighted by Crippen LogP contribution is 2.24. The molecule has 0 aliphatic heterocycles. The quantitative estimate of drug-likeness (QED) is 0.428. The number of carbonyl (C=O) groups is 1. The van der Waals surface area contributed by atoms with E-state index >= 15 is 0 Å². The molecular formula is C17H29N4O2S+. The predicted octanol–water partition coefficient (Wildman–Crippen LogP) is 0.00270. The van der Waals surface area contributed by atoms with E-state index in [2.05, 4.69) is 51.0 Å². The second kappa shape index (κ2) is 9.44. The molecule has 0 aliphatic rings. The molecule has 1 aromatic rings. The van der Waals surface area contributed by atoms with Gasteiger partial charge in [0.15, 0.2) is 11.7 Å². The van der Waals surface area contributed by atoms with E-state index in [-0.39, 0.29) is 17.9 Å². The lowest BCUT2D eigenvalue weighted by Crippen LogP contribution is -3.06. The van der Waals surface area contributed by atoms with Gasteiger partial charge in [-0.1, -0.05) is 32.9 Å². The molecule has 4 N–H and O–H groups in total. The monoisotopic (exact) mass is 353 g/mol. The van der Waals surface area contributed by atoms with Crippen molar-refractivity contribution in [3.05, 3.63) is 29.8 Å². The Labute approximate surface area is 149 Å². The van der Waals surface area contributed by atoms with Gasteiger partial charge in [-0.2, -0.15) is 0 Å². The Morgan fingerprint density at radius 1 is 1.17 bits per heavy atom. The van der Waals surface area contributed by atoms with Crippen LogP contribution in [0.3, 0.4) is 0 Å². The van der Waals surface area contributed by atoms with Crippen molar-refractivity contribution in [1.29, 1.82) is 0 Å². The molecule has 0 aliphatic carbocycles. The largest absolute Gasteiger partial charge is 0.484 e. The lowest BCUT2D eigenvalue weighted by molar-refractivity contribution is -0.856. The number of benzene rings is 1. The van der Waals surface area contributed by atoms with E-state index in [1.165, 1.54) is 10.5 Å². The molecule has 1 rings (SSSR count). The van der Waals surface area contributed by atoms with Gasteiger partial charge in [-0.25, -0.2) is 0 Å². The maximum absolute atomic E-state index is 11.7. The summed E-state index contributed by atoms with van der Waals surface area (Å²) in [4.78, 5) is 13.1. The van der Waals surface area contributed by atoms with Gasteiger partial charge in [-0.3, -0.25) is 15.6 Å². The van der Waals surface area contributed by atoms with Gasteiger partial charge in [0, 0.05) is 0 Å². The van der Waals surface area contributed by atoms with Gasteiger partial charge in [-0.05, 0) is 35.3 Å². The van der Waals surface area contributed by atoms with Crippen LogP contribution in [0.1, 0.15) is 26.3 Å². The summed E-state index contributed by atoms with van der Waals surface area (Å²) in [6, 6.07) is 7.77. The molecule has 0 spiro atoms. The maximum atomic E-state index is 11.7. The van der Waals surface area contributed by atoms with Crippen molar-refractivity contribution in [1.82, 2.24) is 16.2 Å². The molecule has 0 saturated carbocycles. The number of likely N-dealkylation sites (N-methyl/N-ethyl adjacent to an activating group) is 1. The highest BCUT2D eigenvalue weighted by molar-refractivity contribution is 7.80. The number of rotatable bonds is 6. The smallest absolute Gasteiger partial charge is 0.276 e. The molecule has 0 aromatic heterocycles. The lowest BCUT2D eigenvalue weighted by atomic mass is 9.87. The second-order valence-electron chi connectivity index (χ2n) is 6.95. The van der Waals surface area contributed by atoms with Gasteiger partial charge in [0.05, 0.1) is 27.2 Å². The fourth-order valence-corrected chi connectivity index (χ4v) is 1.99. The highest BCUT2D eigenvalue weighted by Gasteiger charge is 2.13. The minimum absolute atomic E-state index is 0.0771. The van der Waals surface area contributed by atoms with Crippen molar-refractivity contribution >= 4 is 23.2 Å². The van der Waals surface area contributed by atoms with Crippen LogP contribution in [0.25, 0.3) is 0 Å². The van der Waals surface area contributed by atoms with Gasteiger partial charge in [-0.15, -0.1) is 0 Å². The van der Waals surface area contributed by atoms with Crippen LogP contribution < -0.4 is 25.8 Å². The number of amides is 1.